The van der Waals surface area contributed by atoms with Crippen molar-refractivity contribution in [1.29, 1.82) is 0 Å². The topological polar surface area (TPSA) is 32.3 Å². The van der Waals surface area contributed by atoms with Crippen LogP contribution >= 0.6 is 12.2 Å². The van der Waals surface area contributed by atoms with E-state index in [4.69, 9.17) is 12.2 Å². The maximum Gasteiger partial charge on any atom is 0.257 e. The summed E-state index contributed by atoms with van der Waals surface area (Å²) in [6, 6.07) is 5.58. The number of likely N-dealkylation sites (tertiary alicyclic amines) is 1. The van der Waals surface area contributed by atoms with Gasteiger partial charge in [0.25, 0.3) is 5.91 Å². The first-order valence-electron chi connectivity index (χ1n) is 6.02. The molecule has 2 rings (SSSR count). The van der Waals surface area contributed by atoms with E-state index in [1.54, 1.807) is 6.07 Å². The number of carbonyl (C=O) groups excluding carboxylic acids is 1. The third-order valence-electron chi connectivity index (χ3n) is 2.95. The Bertz CT molecular complexity index is 458. The van der Waals surface area contributed by atoms with E-state index in [0.29, 0.717) is 5.11 Å². The second kappa shape index (κ2) is 5.91. The van der Waals surface area contributed by atoms with Gasteiger partial charge in [0.15, 0.2) is 5.11 Å². The molecular formula is C13H15FN2OS. The van der Waals surface area contributed by atoms with Crippen LogP contribution in [0.25, 0.3) is 0 Å². The van der Waals surface area contributed by atoms with Crippen LogP contribution in [0.2, 0.25) is 0 Å². The number of thiocarbonyl (C=S) groups is 1. The fourth-order valence-corrected chi connectivity index (χ4v) is 2.25. The quantitative estimate of drug-likeness (QED) is 0.792. The van der Waals surface area contributed by atoms with Crippen molar-refractivity contribution in [2.24, 2.45) is 0 Å². The fourth-order valence-electron chi connectivity index (χ4n) is 1.98. The number of amides is 1. The molecule has 0 radical (unpaired) electrons. The zero-order chi connectivity index (χ0) is 13.0. The first-order chi connectivity index (χ1) is 8.66. The molecule has 3 nitrogen and oxygen atoms in total. The average Bonchev–Trinajstić information content (AvgIpc) is 2.39. The van der Waals surface area contributed by atoms with Crippen molar-refractivity contribution in [2.75, 3.05) is 13.1 Å². The Morgan fingerprint density at radius 2 is 2.00 bits per heavy atom. The van der Waals surface area contributed by atoms with Crippen molar-refractivity contribution in [3.63, 3.8) is 0 Å². The lowest BCUT2D eigenvalue weighted by molar-refractivity contribution is 0.0972. The monoisotopic (exact) mass is 266 g/mol. The highest BCUT2D eigenvalue weighted by molar-refractivity contribution is 7.80. The number of benzene rings is 1. The maximum atomic E-state index is 13.0. The third-order valence-corrected chi connectivity index (χ3v) is 3.31. The highest BCUT2D eigenvalue weighted by atomic mass is 32.1. The van der Waals surface area contributed by atoms with Crippen LogP contribution in [-0.2, 0) is 0 Å². The van der Waals surface area contributed by atoms with Gasteiger partial charge in [-0.1, -0.05) is 6.07 Å². The van der Waals surface area contributed by atoms with Crippen LogP contribution < -0.4 is 5.32 Å². The van der Waals surface area contributed by atoms with Crippen LogP contribution in [0, 0.1) is 5.82 Å². The fraction of sp³-hybridized carbons (Fsp3) is 0.385. The average molecular weight is 266 g/mol. The molecular weight excluding hydrogens is 251 g/mol. The highest BCUT2D eigenvalue weighted by Crippen LogP contribution is 2.09. The van der Waals surface area contributed by atoms with E-state index in [-0.39, 0.29) is 11.5 Å². The second-order valence-electron chi connectivity index (χ2n) is 4.32. The van der Waals surface area contributed by atoms with Gasteiger partial charge in [-0.15, -0.1) is 0 Å². The van der Waals surface area contributed by atoms with Crippen molar-refractivity contribution in [2.45, 2.75) is 19.3 Å². The molecule has 0 aromatic heterocycles. The molecule has 1 saturated heterocycles. The maximum absolute atomic E-state index is 13.0. The molecule has 0 bridgehead atoms. The Morgan fingerprint density at radius 3 is 2.67 bits per heavy atom. The number of hydrogen-bond donors (Lipinski definition) is 1. The van der Waals surface area contributed by atoms with E-state index in [2.05, 4.69) is 5.32 Å². The molecule has 5 heteroatoms. The van der Waals surface area contributed by atoms with Gasteiger partial charge in [-0.3, -0.25) is 10.1 Å². The Labute approximate surface area is 111 Å². The number of halogens is 1. The van der Waals surface area contributed by atoms with Crippen molar-refractivity contribution in [1.82, 2.24) is 10.2 Å². The smallest absolute Gasteiger partial charge is 0.257 e. The Kier molecular flexibility index (Phi) is 4.25. The summed E-state index contributed by atoms with van der Waals surface area (Å²) in [6.07, 6.45) is 3.39. The van der Waals surface area contributed by atoms with Crippen LogP contribution in [0.4, 0.5) is 4.39 Å². The Hall–Kier alpha value is -1.49. The normalized spacial score (nSPS) is 15.3. The van der Waals surface area contributed by atoms with Gasteiger partial charge in [-0.05, 0) is 49.7 Å². The molecule has 1 aliphatic heterocycles. The molecule has 1 heterocycles. The van der Waals surface area contributed by atoms with Crippen LogP contribution in [0.15, 0.2) is 24.3 Å². The van der Waals surface area contributed by atoms with E-state index >= 15 is 0 Å². The largest absolute Gasteiger partial charge is 0.349 e. The van der Waals surface area contributed by atoms with E-state index in [9.17, 15) is 9.18 Å². The number of carbonyl (C=O) groups is 1. The van der Waals surface area contributed by atoms with Crippen molar-refractivity contribution < 1.29 is 9.18 Å². The summed E-state index contributed by atoms with van der Waals surface area (Å²) in [5.74, 6) is -0.781. The molecule has 0 atom stereocenters. The molecule has 1 aromatic carbocycles. The highest BCUT2D eigenvalue weighted by Gasteiger charge is 2.16. The summed E-state index contributed by atoms with van der Waals surface area (Å²) in [6.45, 7) is 1.75. The summed E-state index contributed by atoms with van der Waals surface area (Å²) < 4.78 is 13.0. The molecule has 0 aliphatic carbocycles. The van der Waals surface area contributed by atoms with Gasteiger partial charge in [-0.2, -0.15) is 0 Å². The summed E-state index contributed by atoms with van der Waals surface area (Å²) in [7, 11) is 0. The lowest BCUT2D eigenvalue weighted by Gasteiger charge is -2.28. The standard InChI is InChI=1S/C13H15FN2OS/c14-11-6-4-5-10(9-11)12(17)15-13(18)16-7-2-1-3-8-16/h4-6,9H,1-3,7-8H2,(H,15,17,18). The predicted molar refractivity (Wildman–Crippen MR) is 71.9 cm³/mol. The van der Waals surface area contributed by atoms with Gasteiger partial charge in [0.1, 0.15) is 5.82 Å². The lowest BCUT2D eigenvalue weighted by atomic mass is 10.1. The number of nitrogens with zero attached hydrogens (tertiary/aromatic N) is 1. The molecule has 0 saturated carbocycles. The molecule has 1 N–H and O–H groups in total. The summed E-state index contributed by atoms with van der Waals surface area (Å²) in [4.78, 5) is 13.8. The molecule has 1 amide bonds. The Morgan fingerprint density at radius 1 is 1.28 bits per heavy atom. The summed E-state index contributed by atoms with van der Waals surface area (Å²) >= 11 is 5.18. The lowest BCUT2D eigenvalue weighted by Crippen LogP contribution is -2.44. The van der Waals surface area contributed by atoms with Gasteiger partial charge in [-0.25, -0.2) is 4.39 Å². The zero-order valence-corrected chi connectivity index (χ0v) is 10.8. The molecule has 1 fully saturated rings. The molecule has 0 spiro atoms. The van der Waals surface area contributed by atoms with Crippen LogP contribution in [0.5, 0.6) is 0 Å². The first kappa shape index (κ1) is 13.0. The molecule has 18 heavy (non-hydrogen) atoms. The van der Waals surface area contributed by atoms with Gasteiger partial charge < -0.3 is 4.90 Å². The second-order valence-corrected chi connectivity index (χ2v) is 4.70. The number of piperidine rings is 1. The van der Waals surface area contributed by atoms with Gasteiger partial charge >= 0.3 is 0 Å². The Balaban J connectivity index is 1.96. The van der Waals surface area contributed by atoms with Crippen LogP contribution in [-0.4, -0.2) is 29.0 Å². The molecule has 1 aliphatic rings. The van der Waals surface area contributed by atoms with E-state index < -0.39 is 5.82 Å². The SMILES string of the molecule is O=C(NC(=S)N1CCCCC1)c1cccc(F)c1. The van der Waals surface area contributed by atoms with Gasteiger partial charge in [0.2, 0.25) is 0 Å². The van der Waals surface area contributed by atoms with Crippen molar-refractivity contribution in [3.8, 4) is 0 Å². The first-order valence-corrected chi connectivity index (χ1v) is 6.43. The predicted octanol–water partition coefficient (Wildman–Crippen LogP) is 2.33. The van der Waals surface area contributed by atoms with Crippen LogP contribution in [0.1, 0.15) is 29.6 Å². The number of rotatable bonds is 1. The minimum atomic E-state index is -0.424. The minimum absolute atomic E-state index is 0.286. The summed E-state index contributed by atoms with van der Waals surface area (Å²) in [5, 5.41) is 3.08. The zero-order valence-electron chi connectivity index (χ0n) is 9.99. The molecule has 1 aromatic rings. The van der Waals surface area contributed by atoms with E-state index in [0.717, 1.165) is 25.9 Å². The number of hydrogen-bond acceptors (Lipinski definition) is 2. The van der Waals surface area contributed by atoms with E-state index in [1.807, 2.05) is 4.90 Å². The summed E-state index contributed by atoms with van der Waals surface area (Å²) in [5.41, 5.74) is 0.286. The number of nitrogens with one attached hydrogen (secondary N) is 1. The van der Waals surface area contributed by atoms with Crippen molar-refractivity contribution in [3.05, 3.63) is 35.6 Å². The minimum Gasteiger partial charge on any atom is -0.349 e. The molecule has 96 valence electrons. The molecule has 0 unspecified atom stereocenters. The van der Waals surface area contributed by atoms with E-state index in [1.165, 1.54) is 24.6 Å². The van der Waals surface area contributed by atoms with Crippen LogP contribution in [0.3, 0.4) is 0 Å². The van der Waals surface area contributed by atoms with Crippen molar-refractivity contribution >= 4 is 23.2 Å². The van der Waals surface area contributed by atoms with Gasteiger partial charge in [0.05, 0.1) is 0 Å². The third kappa shape index (κ3) is 3.26. The van der Waals surface area contributed by atoms with Gasteiger partial charge in [0, 0.05) is 18.7 Å².